The third-order valence-corrected chi connectivity index (χ3v) is 11.0. The molecular formula is C51H36N4. The Balaban J connectivity index is 1.14. The van der Waals surface area contributed by atoms with Crippen LogP contribution in [0.25, 0.3) is 44.7 Å². The molecule has 0 atom stereocenters. The molecule has 4 heterocycles. The summed E-state index contributed by atoms with van der Waals surface area (Å²) in [6.07, 6.45) is 9.15. The Bertz CT molecular complexity index is 2730. The zero-order valence-corrected chi connectivity index (χ0v) is 30.2. The maximum Gasteiger partial charge on any atom is 0.0886 e. The van der Waals surface area contributed by atoms with Crippen LogP contribution in [-0.4, -0.2) is 19.9 Å². The van der Waals surface area contributed by atoms with Crippen LogP contribution in [0.5, 0.6) is 0 Å². The number of rotatable bonds is 8. The Morgan fingerprint density at radius 3 is 1.47 bits per heavy atom. The second-order valence-electron chi connectivity index (χ2n) is 14.3. The molecule has 4 aromatic heterocycles. The maximum absolute atomic E-state index is 4.85. The van der Waals surface area contributed by atoms with Gasteiger partial charge in [0.15, 0.2) is 0 Å². The van der Waals surface area contributed by atoms with E-state index in [4.69, 9.17) is 9.97 Å². The molecule has 0 unspecified atom stereocenters. The lowest BCUT2D eigenvalue weighted by molar-refractivity contribution is 0.766. The van der Waals surface area contributed by atoms with Crippen LogP contribution in [0, 0.1) is 0 Å². The lowest BCUT2D eigenvalue weighted by atomic mass is 9.67. The average Bonchev–Trinajstić information content (AvgIpc) is 3.55. The van der Waals surface area contributed by atoms with Crippen molar-refractivity contribution in [3.05, 3.63) is 239 Å². The second-order valence-corrected chi connectivity index (χ2v) is 14.3. The monoisotopic (exact) mass is 704 g/mol. The molecule has 0 saturated heterocycles. The van der Waals surface area contributed by atoms with Crippen molar-refractivity contribution in [2.45, 2.75) is 18.3 Å². The van der Waals surface area contributed by atoms with E-state index in [-0.39, 0.29) is 0 Å². The number of fused-ring (bicyclic) bond motifs is 5. The SMILES string of the molecule is c1ccc(C2(c3ccccc3)c3cc(Cc4ccc(-c5ccccn5)nc4)ccc3-c3c2cc(Cc2ccc(-c4ccccn4)nc2)c2ccccc32)cc1. The summed E-state index contributed by atoms with van der Waals surface area (Å²) in [6.45, 7) is 0. The van der Waals surface area contributed by atoms with Crippen LogP contribution in [-0.2, 0) is 18.3 Å². The Morgan fingerprint density at radius 1 is 0.382 bits per heavy atom. The predicted molar refractivity (Wildman–Crippen MR) is 222 cm³/mol. The lowest BCUT2D eigenvalue weighted by Crippen LogP contribution is -2.29. The van der Waals surface area contributed by atoms with Crippen molar-refractivity contribution in [3.8, 4) is 33.9 Å². The number of aromatic nitrogens is 4. The molecule has 4 heteroatoms. The highest BCUT2D eigenvalue weighted by Crippen LogP contribution is 2.58. The molecule has 260 valence electrons. The summed E-state index contributed by atoms with van der Waals surface area (Å²) in [6, 6.07) is 61.1. The van der Waals surface area contributed by atoms with Gasteiger partial charge in [-0.15, -0.1) is 0 Å². The molecule has 9 aromatic rings. The smallest absolute Gasteiger partial charge is 0.0886 e. The molecule has 5 aromatic carbocycles. The number of benzene rings is 5. The fourth-order valence-corrected chi connectivity index (χ4v) is 8.57. The Kier molecular flexibility index (Phi) is 8.15. The zero-order chi connectivity index (χ0) is 36.6. The Morgan fingerprint density at radius 2 is 0.909 bits per heavy atom. The fourth-order valence-electron chi connectivity index (χ4n) is 8.57. The van der Waals surface area contributed by atoms with Crippen molar-refractivity contribution in [2.75, 3.05) is 0 Å². The first-order chi connectivity index (χ1) is 27.3. The van der Waals surface area contributed by atoms with Crippen molar-refractivity contribution in [1.29, 1.82) is 0 Å². The van der Waals surface area contributed by atoms with Gasteiger partial charge in [0.1, 0.15) is 0 Å². The molecule has 0 aliphatic heterocycles. The van der Waals surface area contributed by atoms with E-state index >= 15 is 0 Å². The maximum atomic E-state index is 4.85. The Labute approximate surface area is 320 Å². The molecule has 4 nitrogen and oxygen atoms in total. The van der Waals surface area contributed by atoms with E-state index in [0.717, 1.165) is 46.7 Å². The third-order valence-electron chi connectivity index (χ3n) is 11.0. The normalized spacial score (nSPS) is 12.7. The Hall–Kier alpha value is -7.04. The van der Waals surface area contributed by atoms with Gasteiger partial charge >= 0.3 is 0 Å². The van der Waals surface area contributed by atoms with Gasteiger partial charge in [0.05, 0.1) is 28.2 Å². The van der Waals surface area contributed by atoms with Gasteiger partial charge in [-0.25, -0.2) is 0 Å². The van der Waals surface area contributed by atoms with Crippen molar-refractivity contribution in [1.82, 2.24) is 19.9 Å². The van der Waals surface area contributed by atoms with E-state index < -0.39 is 5.41 Å². The third kappa shape index (κ3) is 5.71. The summed E-state index contributed by atoms with van der Waals surface area (Å²) >= 11 is 0. The number of nitrogens with zero attached hydrogens (tertiary/aromatic N) is 4. The molecule has 0 fully saturated rings. The minimum atomic E-state index is -0.538. The van der Waals surface area contributed by atoms with Gasteiger partial charge in [-0.05, 0) is 116 Å². The van der Waals surface area contributed by atoms with E-state index in [1.807, 2.05) is 61.2 Å². The first-order valence-electron chi connectivity index (χ1n) is 18.8. The highest BCUT2D eigenvalue weighted by atomic mass is 14.8. The molecule has 55 heavy (non-hydrogen) atoms. The van der Waals surface area contributed by atoms with E-state index in [2.05, 4.69) is 143 Å². The molecule has 0 radical (unpaired) electrons. The first-order valence-corrected chi connectivity index (χ1v) is 18.8. The minimum Gasteiger partial charge on any atom is -0.255 e. The minimum absolute atomic E-state index is 0.538. The van der Waals surface area contributed by atoms with E-state index in [1.54, 1.807) is 0 Å². The summed E-state index contributed by atoms with van der Waals surface area (Å²) in [7, 11) is 0. The largest absolute Gasteiger partial charge is 0.255 e. The fraction of sp³-hybridized carbons (Fsp3) is 0.0588. The van der Waals surface area contributed by atoms with Crippen LogP contribution in [0.1, 0.15) is 44.5 Å². The quantitative estimate of drug-likeness (QED) is 0.158. The highest BCUT2D eigenvalue weighted by Gasteiger charge is 2.47. The second kappa shape index (κ2) is 13.7. The molecular weight excluding hydrogens is 669 g/mol. The molecule has 0 saturated carbocycles. The van der Waals surface area contributed by atoms with Crippen LogP contribution in [0.2, 0.25) is 0 Å². The van der Waals surface area contributed by atoms with E-state index in [9.17, 15) is 0 Å². The number of pyridine rings is 4. The summed E-state index contributed by atoms with van der Waals surface area (Å²) in [5.41, 5.74) is 15.5. The van der Waals surface area contributed by atoms with Crippen molar-refractivity contribution >= 4 is 10.8 Å². The summed E-state index contributed by atoms with van der Waals surface area (Å²) in [5.74, 6) is 0. The molecule has 0 N–H and O–H groups in total. The van der Waals surface area contributed by atoms with Crippen LogP contribution < -0.4 is 0 Å². The van der Waals surface area contributed by atoms with Gasteiger partial charge < -0.3 is 0 Å². The van der Waals surface area contributed by atoms with Crippen molar-refractivity contribution < 1.29 is 0 Å². The van der Waals surface area contributed by atoms with Crippen LogP contribution >= 0.6 is 0 Å². The van der Waals surface area contributed by atoms with Gasteiger partial charge in [-0.1, -0.05) is 133 Å². The predicted octanol–water partition coefficient (Wildman–Crippen LogP) is 11.3. The van der Waals surface area contributed by atoms with Gasteiger partial charge in [-0.2, -0.15) is 0 Å². The zero-order valence-electron chi connectivity index (χ0n) is 30.2. The van der Waals surface area contributed by atoms with Gasteiger partial charge in [0.25, 0.3) is 0 Å². The lowest BCUT2D eigenvalue weighted by Gasteiger charge is -2.34. The van der Waals surface area contributed by atoms with E-state index in [1.165, 1.54) is 55.3 Å². The summed E-state index contributed by atoms with van der Waals surface area (Å²) < 4.78 is 0. The molecule has 1 aliphatic rings. The van der Waals surface area contributed by atoms with Crippen LogP contribution in [0.15, 0.2) is 195 Å². The molecule has 0 bridgehead atoms. The van der Waals surface area contributed by atoms with Crippen molar-refractivity contribution in [3.63, 3.8) is 0 Å². The van der Waals surface area contributed by atoms with Crippen molar-refractivity contribution in [2.24, 2.45) is 0 Å². The number of hydrogen-bond acceptors (Lipinski definition) is 4. The summed E-state index contributed by atoms with van der Waals surface area (Å²) in [5, 5.41) is 2.53. The van der Waals surface area contributed by atoms with E-state index in [0.29, 0.717) is 0 Å². The van der Waals surface area contributed by atoms with Gasteiger partial charge in [-0.3, -0.25) is 19.9 Å². The average molecular weight is 705 g/mol. The molecule has 1 aliphatic carbocycles. The summed E-state index contributed by atoms with van der Waals surface area (Å²) in [4.78, 5) is 18.7. The van der Waals surface area contributed by atoms with Crippen LogP contribution in [0.3, 0.4) is 0 Å². The topological polar surface area (TPSA) is 51.6 Å². The molecule has 0 spiro atoms. The van der Waals surface area contributed by atoms with Crippen LogP contribution in [0.4, 0.5) is 0 Å². The first kappa shape index (κ1) is 32.6. The highest BCUT2D eigenvalue weighted by molar-refractivity contribution is 6.05. The number of hydrogen-bond donors (Lipinski definition) is 0. The molecule has 0 amide bonds. The van der Waals surface area contributed by atoms with Gasteiger partial charge in [0, 0.05) is 24.8 Å². The standard InChI is InChI=1S/C51H36N4/c1-3-13-39(14-4-1)51(40-15-5-2-6-16-40)44-31-35(29-36-22-25-48(54-33-36)46-19-9-11-27-52-46)21-24-43(44)50-42-18-8-7-17-41(42)38(32-45(50)51)30-37-23-26-49(55-34-37)47-20-10-12-28-53-47/h1-28,31-34H,29-30H2. The van der Waals surface area contributed by atoms with Gasteiger partial charge in [0.2, 0.25) is 0 Å². The molecule has 10 rings (SSSR count).